The van der Waals surface area contributed by atoms with Crippen molar-refractivity contribution in [3.8, 4) is 5.75 Å². The van der Waals surface area contributed by atoms with E-state index in [0.29, 0.717) is 5.56 Å². The molecule has 0 aliphatic heterocycles. The Hall–Kier alpha value is -3.50. The number of halogens is 4. The highest BCUT2D eigenvalue weighted by atomic mass is 19.4. The molecule has 0 aliphatic carbocycles. The Bertz CT molecular complexity index is 1100. The lowest BCUT2D eigenvalue weighted by Crippen LogP contribution is -2.35. The molecule has 1 N–H and O–H groups in total. The van der Waals surface area contributed by atoms with Crippen LogP contribution in [-0.2, 0) is 11.3 Å². The van der Waals surface area contributed by atoms with E-state index >= 15 is 0 Å². The largest absolute Gasteiger partial charge is 0.573 e. The molecule has 3 rings (SSSR count). The molecular weight excluding hydrogens is 396 g/mol. The maximum atomic E-state index is 13.3. The lowest BCUT2D eigenvalue weighted by Gasteiger charge is -2.15. The smallest absolute Gasteiger partial charge is 0.406 e. The molecule has 7 nitrogen and oxygen atoms in total. The van der Waals surface area contributed by atoms with Crippen molar-refractivity contribution < 1.29 is 27.1 Å². The Morgan fingerprint density at radius 1 is 1.21 bits per heavy atom. The molecule has 0 spiro atoms. The molecule has 0 bridgehead atoms. The van der Waals surface area contributed by atoms with Gasteiger partial charge in [0.2, 0.25) is 5.91 Å². The average molecular weight is 410 g/mol. The summed E-state index contributed by atoms with van der Waals surface area (Å²) in [6.45, 7) is 1.15. The number of nitrogens with one attached hydrogen (secondary N) is 1. The zero-order valence-corrected chi connectivity index (χ0v) is 14.9. The molecule has 1 amide bonds. The standard InChI is InChI=1S/C18H14F4N4O3/c1-10(11-2-5-13(6-3-11)29-18(20,21)22)23-16(27)9-26-17(28)14-8-12(19)4-7-15(14)24-25-26/h2-8,10H,9H2,1H3,(H,23,27)/t10-/m0/s1. The maximum absolute atomic E-state index is 13.3. The fraction of sp³-hybridized carbons (Fsp3) is 0.222. The summed E-state index contributed by atoms with van der Waals surface area (Å²) in [5.41, 5.74) is 0.0421. The number of carbonyl (C=O) groups excluding carboxylic acids is 1. The van der Waals surface area contributed by atoms with E-state index in [1.807, 2.05) is 0 Å². The van der Waals surface area contributed by atoms with Gasteiger partial charge < -0.3 is 10.1 Å². The number of benzene rings is 2. The van der Waals surface area contributed by atoms with Crippen molar-refractivity contribution in [2.45, 2.75) is 25.9 Å². The molecule has 0 fully saturated rings. The number of alkyl halides is 3. The maximum Gasteiger partial charge on any atom is 0.573 e. The number of amides is 1. The van der Waals surface area contributed by atoms with E-state index in [1.165, 1.54) is 18.2 Å². The highest BCUT2D eigenvalue weighted by Crippen LogP contribution is 2.24. The predicted molar refractivity (Wildman–Crippen MR) is 93.4 cm³/mol. The van der Waals surface area contributed by atoms with Crippen molar-refractivity contribution in [2.75, 3.05) is 0 Å². The van der Waals surface area contributed by atoms with Crippen LogP contribution in [0.4, 0.5) is 17.6 Å². The summed E-state index contributed by atoms with van der Waals surface area (Å²) in [4.78, 5) is 24.6. The van der Waals surface area contributed by atoms with Gasteiger partial charge in [0.15, 0.2) is 0 Å². The third kappa shape index (κ3) is 5.06. The monoisotopic (exact) mass is 410 g/mol. The van der Waals surface area contributed by atoms with Crippen LogP contribution in [0.1, 0.15) is 18.5 Å². The van der Waals surface area contributed by atoms with Gasteiger partial charge >= 0.3 is 6.36 Å². The van der Waals surface area contributed by atoms with Gasteiger partial charge in [0, 0.05) is 0 Å². The number of rotatable bonds is 5. The van der Waals surface area contributed by atoms with E-state index in [1.54, 1.807) is 6.92 Å². The molecule has 11 heteroatoms. The van der Waals surface area contributed by atoms with Crippen LogP contribution in [0.5, 0.6) is 5.75 Å². The van der Waals surface area contributed by atoms with Crippen LogP contribution < -0.4 is 15.6 Å². The fourth-order valence-corrected chi connectivity index (χ4v) is 2.62. The summed E-state index contributed by atoms with van der Waals surface area (Å²) in [6, 6.07) is 7.88. The molecule has 0 saturated heterocycles. The molecule has 1 aromatic heterocycles. The van der Waals surface area contributed by atoms with E-state index in [-0.39, 0.29) is 16.7 Å². The van der Waals surface area contributed by atoms with Crippen LogP contribution in [-0.4, -0.2) is 27.3 Å². The lowest BCUT2D eigenvalue weighted by atomic mass is 10.1. The normalized spacial score (nSPS) is 12.6. The first-order valence-corrected chi connectivity index (χ1v) is 8.30. The zero-order valence-electron chi connectivity index (χ0n) is 14.9. The van der Waals surface area contributed by atoms with Crippen LogP contribution in [0.2, 0.25) is 0 Å². The summed E-state index contributed by atoms with van der Waals surface area (Å²) in [7, 11) is 0. The number of hydrogen-bond acceptors (Lipinski definition) is 5. The summed E-state index contributed by atoms with van der Waals surface area (Å²) in [5.74, 6) is -1.59. The minimum absolute atomic E-state index is 0.0129. The average Bonchev–Trinajstić information content (AvgIpc) is 2.63. The minimum atomic E-state index is -4.79. The molecule has 29 heavy (non-hydrogen) atoms. The molecule has 0 unspecified atom stereocenters. The molecule has 0 saturated carbocycles. The zero-order chi connectivity index (χ0) is 21.2. The molecule has 1 atom stereocenters. The van der Waals surface area contributed by atoms with Crippen molar-refractivity contribution in [2.24, 2.45) is 0 Å². The molecule has 0 radical (unpaired) electrons. The molecule has 3 aromatic rings. The first-order valence-electron chi connectivity index (χ1n) is 8.30. The number of hydrogen-bond donors (Lipinski definition) is 1. The van der Waals surface area contributed by atoms with E-state index in [2.05, 4.69) is 20.4 Å². The Labute approximate surface area is 160 Å². The Morgan fingerprint density at radius 2 is 1.90 bits per heavy atom. The van der Waals surface area contributed by atoms with Crippen LogP contribution in [0.15, 0.2) is 47.3 Å². The van der Waals surface area contributed by atoms with Crippen molar-refractivity contribution in [3.63, 3.8) is 0 Å². The second kappa shape index (κ2) is 7.86. The number of aromatic nitrogens is 3. The van der Waals surface area contributed by atoms with Gasteiger partial charge in [-0.2, -0.15) is 0 Å². The van der Waals surface area contributed by atoms with E-state index < -0.39 is 36.2 Å². The highest BCUT2D eigenvalue weighted by molar-refractivity contribution is 5.78. The summed E-state index contributed by atoms with van der Waals surface area (Å²) in [5, 5.41) is 10.0. The van der Waals surface area contributed by atoms with Crippen LogP contribution in [0.25, 0.3) is 10.9 Å². The first kappa shape index (κ1) is 20.2. The van der Waals surface area contributed by atoms with Crippen LogP contribution in [0, 0.1) is 5.82 Å². The van der Waals surface area contributed by atoms with Crippen LogP contribution in [0.3, 0.4) is 0 Å². The molecule has 0 aliphatic rings. The summed E-state index contributed by atoms with van der Waals surface area (Å²) < 4.78 is 54.5. The predicted octanol–water partition coefficient (Wildman–Crippen LogP) is 2.71. The second-order valence-corrected chi connectivity index (χ2v) is 6.12. The molecular formula is C18H14F4N4O3. The Balaban J connectivity index is 1.68. The second-order valence-electron chi connectivity index (χ2n) is 6.12. The fourth-order valence-electron chi connectivity index (χ4n) is 2.62. The van der Waals surface area contributed by atoms with E-state index in [0.717, 1.165) is 28.9 Å². The van der Waals surface area contributed by atoms with Gasteiger partial charge in [-0.05, 0) is 42.8 Å². The van der Waals surface area contributed by atoms with Gasteiger partial charge in [-0.15, -0.1) is 18.3 Å². The third-order valence-corrected chi connectivity index (χ3v) is 3.97. The Morgan fingerprint density at radius 3 is 2.55 bits per heavy atom. The van der Waals surface area contributed by atoms with Gasteiger partial charge in [-0.1, -0.05) is 17.3 Å². The number of fused-ring (bicyclic) bond motifs is 1. The van der Waals surface area contributed by atoms with Crippen molar-refractivity contribution in [1.82, 2.24) is 20.3 Å². The number of carbonyl (C=O) groups is 1. The molecule has 152 valence electrons. The quantitative estimate of drug-likeness (QED) is 0.654. The number of ether oxygens (including phenoxy) is 1. The van der Waals surface area contributed by atoms with Gasteiger partial charge in [-0.3, -0.25) is 9.59 Å². The van der Waals surface area contributed by atoms with Crippen molar-refractivity contribution in [1.29, 1.82) is 0 Å². The topological polar surface area (TPSA) is 86.1 Å². The highest BCUT2D eigenvalue weighted by Gasteiger charge is 2.31. The van der Waals surface area contributed by atoms with Crippen LogP contribution >= 0.6 is 0 Å². The Kier molecular flexibility index (Phi) is 5.48. The first-order chi connectivity index (χ1) is 13.6. The third-order valence-electron chi connectivity index (χ3n) is 3.97. The number of nitrogens with zero attached hydrogens (tertiary/aromatic N) is 3. The van der Waals surface area contributed by atoms with Crippen molar-refractivity contribution >= 4 is 16.8 Å². The molecule has 2 aromatic carbocycles. The van der Waals surface area contributed by atoms with Gasteiger partial charge in [-0.25, -0.2) is 9.07 Å². The summed E-state index contributed by atoms with van der Waals surface area (Å²) in [6.07, 6.45) is -4.79. The van der Waals surface area contributed by atoms with E-state index in [9.17, 15) is 27.2 Å². The molecule has 1 heterocycles. The van der Waals surface area contributed by atoms with Gasteiger partial charge in [0.05, 0.1) is 11.4 Å². The SMILES string of the molecule is C[C@H](NC(=O)Cn1nnc2ccc(F)cc2c1=O)c1ccc(OC(F)(F)F)cc1. The van der Waals surface area contributed by atoms with Gasteiger partial charge in [0.1, 0.15) is 23.6 Å². The van der Waals surface area contributed by atoms with E-state index in [4.69, 9.17) is 0 Å². The lowest BCUT2D eigenvalue weighted by molar-refractivity contribution is -0.274. The van der Waals surface area contributed by atoms with Crippen molar-refractivity contribution in [3.05, 3.63) is 64.2 Å². The minimum Gasteiger partial charge on any atom is -0.406 e. The summed E-state index contributed by atoms with van der Waals surface area (Å²) >= 11 is 0. The van der Waals surface area contributed by atoms with Gasteiger partial charge in [0.25, 0.3) is 5.56 Å².